The lowest BCUT2D eigenvalue weighted by atomic mass is 10.1. The summed E-state index contributed by atoms with van der Waals surface area (Å²) in [5, 5.41) is 0. The normalized spacial score (nSPS) is 12.8. The molecule has 0 fully saturated rings. The molecule has 0 aromatic carbocycles. The van der Waals surface area contributed by atoms with Crippen LogP contribution in [0.15, 0.2) is 85.1 Å². The highest BCUT2D eigenvalue weighted by Gasteiger charge is 2.19. The average Bonchev–Trinajstić information content (AvgIpc) is 3.21. The Morgan fingerprint density at radius 1 is 0.386 bits per heavy atom. The summed E-state index contributed by atoms with van der Waals surface area (Å²) in [6.07, 6.45) is 57.2. The van der Waals surface area contributed by atoms with Crippen LogP contribution in [-0.2, 0) is 28.6 Å². The number of carbonyl (C=O) groups excluding carboxylic acids is 3. The Morgan fingerprint density at radius 3 is 1.30 bits per heavy atom. The van der Waals surface area contributed by atoms with E-state index in [0.717, 1.165) is 89.9 Å². The summed E-state index contributed by atoms with van der Waals surface area (Å²) in [6, 6.07) is 0. The van der Waals surface area contributed by atoms with E-state index < -0.39 is 6.10 Å². The van der Waals surface area contributed by atoms with E-state index in [1.165, 1.54) is 64.2 Å². The second kappa shape index (κ2) is 45.3. The first-order valence-corrected chi connectivity index (χ1v) is 23.1. The van der Waals surface area contributed by atoms with Crippen molar-refractivity contribution in [3.8, 4) is 0 Å². The van der Waals surface area contributed by atoms with Crippen LogP contribution in [0.2, 0.25) is 0 Å². The lowest BCUT2D eigenvalue weighted by Crippen LogP contribution is -2.30. The highest BCUT2D eigenvalue weighted by molar-refractivity contribution is 5.71. The van der Waals surface area contributed by atoms with Crippen molar-refractivity contribution in [1.82, 2.24) is 0 Å². The predicted molar refractivity (Wildman–Crippen MR) is 242 cm³/mol. The lowest BCUT2D eigenvalue weighted by Gasteiger charge is -2.18. The molecule has 0 rings (SSSR count). The van der Waals surface area contributed by atoms with Gasteiger partial charge in [-0.1, -0.05) is 170 Å². The lowest BCUT2D eigenvalue weighted by molar-refractivity contribution is -0.167. The van der Waals surface area contributed by atoms with Crippen LogP contribution >= 0.6 is 0 Å². The molecule has 0 aliphatic rings. The Balaban J connectivity index is 4.45. The van der Waals surface area contributed by atoms with Crippen molar-refractivity contribution in [2.45, 2.75) is 207 Å². The summed E-state index contributed by atoms with van der Waals surface area (Å²) in [5.41, 5.74) is 0. The predicted octanol–water partition coefficient (Wildman–Crippen LogP) is 14.9. The maximum Gasteiger partial charge on any atom is 0.306 e. The van der Waals surface area contributed by atoms with Crippen LogP contribution in [0, 0.1) is 0 Å². The summed E-state index contributed by atoms with van der Waals surface area (Å²) in [7, 11) is 0. The fourth-order valence-electron chi connectivity index (χ4n) is 5.88. The van der Waals surface area contributed by atoms with Gasteiger partial charge in [0, 0.05) is 19.3 Å². The SMILES string of the molecule is CC/C=C\C/C=C\C/C=C\CCCC(=O)OC(COC(=O)CCCCC/C=C\C=C/CCCC)COC(=O)CCCCCCCCC/C=C\C/C=C\CCCCC. The Hall–Kier alpha value is -3.41. The van der Waals surface area contributed by atoms with E-state index in [2.05, 4.69) is 106 Å². The number of esters is 3. The summed E-state index contributed by atoms with van der Waals surface area (Å²) < 4.78 is 16.6. The van der Waals surface area contributed by atoms with Crippen LogP contribution in [0.25, 0.3) is 0 Å². The van der Waals surface area contributed by atoms with Gasteiger partial charge in [-0.25, -0.2) is 0 Å². The van der Waals surface area contributed by atoms with Crippen molar-refractivity contribution in [3.63, 3.8) is 0 Å². The quantitative estimate of drug-likeness (QED) is 0.0202. The zero-order chi connectivity index (χ0) is 41.5. The van der Waals surface area contributed by atoms with E-state index in [1.807, 2.05) is 0 Å². The molecule has 0 bridgehead atoms. The molecular formula is C51H84O6. The standard InChI is InChI=1S/C51H84O6/c1-4-7-10-13-16-19-22-23-24-25-26-27-30-32-35-38-41-44-50(53)56-47-48(57-51(54)45-42-39-36-33-29-21-18-15-12-9-6-3)46-55-49(52)43-40-37-34-31-28-20-17-14-11-8-5-2/h9,12,14,16-21,23-24,28,33,36,48H,4-8,10-11,13,15,22,25-27,29-32,34-35,37-47H2,1-3H3/b12-9-,17-14-,19-16-,21-18-,24-23-,28-20-,36-33-. The first-order valence-electron chi connectivity index (χ1n) is 23.1. The van der Waals surface area contributed by atoms with E-state index >= 15 is 0 Å². The van der Waals surface area contributed by atoms with Gasteiger partial charge in [-0.05, 0) is 96.3 Å². The second-order valence-corrected chi connectivity index (χ2v) is 14.9. The summed E-state index contributed by atoms with van der Waals surface area (Å²) in [5.74, 6) is -1.01. The second-order valence-electron chi connectivity index (χ2n) is 14.9. The molecule has 0 heterocycles. The summed E-state index contributed by atoms with van der Waals surface area (Å²) in [4.78, 5) is 37.7. The molecule has 0 aliphatic heterocycles. The topological polar surface area (TPSA) is 78.9 Å². The third kappa shape index (κ3) is 43.6. The van der Waals surface area contributed by atoms with Crippen molar-refractivity contribution >= 4 is 17.9 Å². The van der Waals surface area contributed by atoms with Gasteiger partial charge in [0.05, 0.1) is 0 Å². The third-order valence-corrected chi connectivity index (χ3v) is 9.38. The molecule has 6 nitrogen and oxygen atoms in total. The van der Waals surface area contributed by atoms with Gasteiger partial charge in [0.15, 0.2) is 6.10 Å². The highest BCUT2D eigenvalue weighted by atomic mass is 16.6. The van der Waals surface area contributed by atoms with Crippen LogP contribution in [-0.4, -0.2) is 37.2 Å². The van der Waals surface area contributed by atoms with E-state index in [4.69, 9.17) is 14.2 Å². The minimum Gasteiger partial charge on any atom is -0.462 e. The molecule has 1 unspecified atom stereocenters. The Labute approximate surface area is 350 Å². The Bertz CT molecular complexity index is 1140. The zero-order valence-electron chi connectivity index (χ0n) is 36.8. The number of unbranched alkanes of at least 4 members (excludes halogenated alkanes) is 16. The monoisotopic (exact) mass is 793 g/mol. The van der Waals surface area contributed by atoms with Crippen molar-refractivity contribution in [3.05, 3.63) is 85.1 Å². The molecule has 0 aromatic rings. The molecule has 0 spiro atoms. The van der Waals surface area contributed by atoms with Gasteiger partial charge in [-0.3, -0.25) is 14.4 Å². The molecule has 0 amide bonds. The average molecular weight is 793 g/mol. The van der Waals surface area contributed by atoms with Crippen LogP contribution in [0.3, 0.4) is 0 Å². The number of allylic oxidation sites excluding steroid dienone is 14. The van der Waals surface area contributed by atoms with E-state index in [-0.39, 0.29) is 37.5 Å². The van der Waals surface area contributed by atoms with Crippen molar-refractivity contribution in [2.75, 3.05) is 13.2 Å². The number of carbonyl (C=O) groups is 3. The molecule has 6 heteroatoms. The zero-order valence-corrected chi connectivity index (χ0v) is 36.8. The number of hydrogen-bond acceptors (Lipinski definition) is 6. The minimum absolute atomic E-state index is 0.111. The molecular weight excluding hydrogens is 709 g/mol. The van der Waals surface area contributed by atoms with Crippen molar-refractivity contribution in [2.24, 2.45) is 0 Å². The maximum atomic E-state index is 12.7. The molecule has 0 aromatic heterocycles. The van der Waals surface area contributed by atoms with Crippen LogP contribution < -0.4 is 0 Å². The fraction of sp³-hybridized carbons (Fsp3) is 0.667. The van der Waals surface area contributed by atoms with Gasteiger partial charge in [-0.15, -0.1) is 0 Å². The van der Waals surface area contributed by atoms with Gasteiger partial charge in [0.2, 0.25) is 0 Å². The van der Waals surface area contributed by atoms with Gasteiger partial charge >= 0.3 is 17.9 Å². The largest absolute Gasteiger partial charge is 0.462 e. The molecule has 0 saturated heterocycles. The third-order valence-electron chi connectivity index (χ3n) is 9.38. The summed E-state index contributed by atoms with van der Waals surface area (Å²) in [6.45, 7) is 6.34. The van der Waals surface area contributed by atoms with Gasteiger partial charge in [-0.2, -0.15) is 0 Å². The molecule has 0 aliphatic carbocycles. The van der Waals surface area contributed by atoms with Crippen LogP contribution in [0.5, 0.6) is 0 Å². The van der Waals surface area contributed by atoms with E-state index in [0.29, 0.717) is 19.3 Å². The minimum atomic E-state index is -0.815. The highest BCUT2D eigenvalue weighted by Crippen LogP contribution is 2.12. The van der Waals surface area contributed by atoms with E-state index in [9.17, 15) is 14.4 Å². The summed E-state index contributed by atoms with van der Waals surface area (Å²) >= 11 is 0. The fourth-order valence-corrected chi connectivity index (χ4v) is 5.88. The molecule has 0 saturated carbocycles. The van der Waals surface area contributed by atoms with Crippen LogP contribution in [0.4, 0.5) is 0 Å². The van der Waals surface area contributed by atoms with Gasteiger partial charge < -0.3 is 14.2 Å². The molecule has 57 heavy (non-hydrogen) atoms. The Kier molecular flexibility index (Phi) is 42.6. The Morgan fingerprint density at radius 2 is 0.772 bits per heavy atom. The van der Waals surface area contributed by atoms with Gasteiger partial charge in [0.25, 0.3) is 0 Å². The van der Waals surface area contributed by atoms with Crippen molar-refractivity contribution < 1.29 is 28.6 Å². The van der Waals surface area contributed by atoms with Crippen molar-refractivity contribution in [1.29, 1.82) is 0 Å². The van der Waals surface area contributed by atoms with E-state index in [1.54, 1.807) is 0 Å². The maximum absolute atomic E-state index is 12.7. The first-order chi connectivity index (χ1) is 28.0. The molecule has 324 valence electrons. The first kappa shape index (κ1) is 53.6. The molecule has 0 N–H and O–H groups in total. The molecule has 0 radical (unpaired) electrons. The smallest absolute Gasteiger partial charge is 0.306 e. The number of ether oxygens (including phenoxy) is 3. The van der Waals surface area contributed by atoms with Crippen LogP contribution in [0.1, 0.15) is 201 Å². The number of rotatable bonds is 40. The number of hydrogen-bond donors (Lipinski definition) is 0. The molecule has 1 atom stereocenters. The van der Waals surface area contributed by atoms with Gasteiger partial charge in [0.1, 0.15) is 13.2 Å².